The molecule has 0 aliphatic heterocycles. The van der Waals surface area contributed by atoms with E-state index in [0.717, 1.165) is 12.0 Å². The zero-order chi connectivity index (χ0) is 21.6. The number of nitrogens with zero attached hydrogens (tertiary/aromatic N) is 2. The zero-order valence-electron chi connectivity index (χ0n) is 18.5. The Morgan fingerprint density at radius 1 is 0.833 bits per heavy atom. The molecule has 2 rings (SSSR count). The first-order chi connectivity index (χ1) is 14.6. The van der Waals surface area contributed by atoms with E-state index in [4.69, 9.17) is 4.74 Å². The average molecular weight is 419 g/mol. The van der Waals surface area contributed by atoms with Gasteiger partial charge in [0.25, 0.3) is 0 Å². The topological polar surface area (TPSA) is 35.0 Å². The molecule has 3 nitrogen and oxygen atoms in total. The minimum Gasteiger partial charge on any atom is -0.487 e. The number of hydrogen-bond acceptors (Lipinski definition) is 3. The summed E-state index contributed by atoms with van der Waals surface area (Å²) >= 11 is 0. The van der Waals surface area contributed by atoms with Gasteiger partial charge in [0, 0.05) is 12.0 Å². The Labute approximate surface area is 180 Å². The van der Waals surface area contributed by atoms with Crippen molar-refractivity contribution >= 4 is 0 Å². The number of hydrogen-bond donors (Lipinski definition) is 0. The fraction of sp³-hybridized carbons (Fsp3) is 0.600. The van der Waals surface area contributed by atoms with E-state index in [1.807, 2.05) is 12.1 Å². The van der Waals surface area contributed by atoms with E-state index in [1.54, 1.807) is 6.92 Å². The van der Waals surface area contributed by atoms with Crippen LogP contribution < -0.4 is 4.74 Å². The third-order valence-corrected chi connectivity index (χ3v) is 5.29. The summed E-state index contributed by atoms with van der Waals surface area (Å²) in [5.41, 5.74) is 2.27. The van der Waals surface area contributed by atoms with Crippen LogP contribution >= 0.6 is 0 Å². The van der Waals surface area contributed by atoms with Crippen LogP contribution in [0.2, 0.25) is 0 Å². The summed E-state index contributed by atoms with van der Waals surface area (Å²) in [5, 5.41) is 0. The number of halogens is 2. The van der Waals surface area contributed by atoms with E-state index < -0.39 is 12.3 Å². The summed E-state index contributed by atoms with van der Waals surface area (Å²) in [5.74, 6) is 1.00. The molecular formula is C25H36F2N2O. The first-order valence-corrected chi connectivity index (χ1v) is 11.4. The molecule has 1 aromatic carbocycles. The molecule has 0 saturated carbocycles. The summed E-state index contributed by atoms with van der Waals surface area (Å²) in [6.07, 6.45) is 11.1. The van der Waals surface area contributed by atoms with E-state index in [2.05, 4.69) is 29.0 Å². The first-order valence-electron chi connectivity index (χ1n) is 11.4. The molecule has 5 heteroatoms. The van der Waals surface area contributed by atoms with Crippen LogP contribution in [-0.4, -0.2) is 28.9 Å². The maximum absolute atomic E-state index is 13.7. The lowest BCUT2D eigenvalue weighted by atomic mass is 10.0. The summed E-state index contributed by atoms with van der Waals surface area (Å²) in [6.45, 7) is 3.76. The Hall–Kier alpha value is -2.04. The van der Waals surface area contributed by atoms with E-state index >= 15 is 0 Å². The molecule has 0 aliphatic carbocycles. The van der Waals surface area contributed by atoms with Crippen molar-refractivity contribution in [3.05, 3.63) is 42.2 Å². The molecule has 0 saturated heterocycles. The number of ether oxygens (including phenoxy) is 1. The van der Waals surface area contributed by atoms with Gasteiger partial charge in [-0.15, -0.1) is 0 Å². The number of aromatic nitrogens is 2. The van der Waals surface area contributed by atoms with Gasteiger partial charge in [0.2, 0.25) is 0 Å². The van der Waals surface area contributed by atoms with Crippen LogP contribution in [0.4, 0.5) is 8.78 Å². The van der Waals surface area contributed by atoms with Crippen LogP contribution in [0.15, 0.2) is 36.7 Å². The van der Waals surface area contributed by atoms with Crippen molar-refractivity contribution in [1.29, 1.82) is 0 Å². The lowest BCUT2D eigenvalue weighted by Crippen LogP contribution is -2.17. The number of aryl methyl sites for hydroxylation is 1. The zero-order valence-corrected chi connectivity index (χ0v) is 18.5. The van der Waals surface area contributed by atoms with Crippen molar-refractivity contribution in [1.82, 2.24) is 9.97 Å². The molecule has 2 atom stereocenters. The maximum Gasteiger partial charge on any atom is 0.159 e. The maximum atomic E-state index is 13.7. The van der Waals surface area contributed by atoms with E-state index in [-0.39, 0.29) is 13.0 Å². The molecule has 0 bridgehead atoms. The molecule has 0 fully saturated rings. The lowest BCUT2D eigenvalue weighted by molar-refractivity contribution is 0.149. The third kappa shape index (κ3) is 9.19. The molecule has 0 amide bonds. The van der Waals surface area contributed by atoms with Gasteiger partial charge in [-0.3, -0.25) is 0 Å². The smallest absolute Gasteiger partial charge is 0.159 e. The van der Waals surface area contributed by atoms with Crippen molar-refractivity contribution in [3.8, 4) is 17.1 Å². The minimum absolute atomic E-state index is 0.138. The van der Waals surface area contributed by atoms with Crippen LogP contribution in [0.5, 0.6) is 5.75 Å². The van der Waals surface area contributed by atoms with Crippen LogP contribution in [0.25, 0.3) is 11.4 Å². The van der Waals surface area contributed by atoms with Gasteiger partial charge in [-0.25, -0.2) is 18.7 Å². The van der Waals surface area contributed by atoms with E-state index in [1.165, 1.54) is 62.9 Å². The fourth-order valence-corrected chi connectivity index (χ4v) is 3.35. The number of alkyl halides is 2. The quantitative estimate of drug-likeness (QED) is 0.285. The van der Waals surface area contributed by atoms with E-state index in [0.29, 0.717) is 18.0 Å². The van der Waals surface area contributed by atoms with Crippen LogP contribution in [0.3, 0.4) is 0 Å². The molecule has 166 valence electrons. The Kier molecular flexibility index (Phi) is 11.3. The van der Waals surface area contributed by atoms with Crippen molar-refractivity contribution in [2.24, 2.45) is 0 Å². The molecular weight excluding hydrogens is 382 g/mol. The molecule has 1 aromatic heterocycles. The monoisotopic (exact) mass is 418 g/mol. The van der Waals surface area contributed by atoms with Crippen molar-refractivity contribution in [3.63, 3.8) is 0 Å². The Balaban J connectivity index is 1.74. The standard InChI is InChI=1S/C25H36F2N2O/c1-3-5-6-7-8-9-10-11-20-12-14-21(15-13-20)25-28-17-24(18-29-25)30-19-23(27)16-22(26)4-2/h12-15,17-18,22-23H,3-11,16,19H2,1-2H3. The Morgan fingerprint density at radius 2 is 1.47 bits per heavy atom. The molecule has 0 N–H and O–H groups in total. The largest absolute Gasteiger partial charge is 0.487 e. The summed E-state index contributed by atoms with van der Waals surface area (Å²) < 4.78 is 32.2. The van der Waals surface area contributed by atoms with Crippen LogP contribution in [-0.2, 0) is 6.42 Å². The molecule has 0 spiro atoms. The normalized spacial score (nSPS) is 13.2. The Morgan fingerprint density at radius 3 is 2.10 bits per heavy atom. The highest BCUT2D eigenvalue weighted by molar-refractivity contribution is 5.55. The first kappa shape index (κ1) is 24.2. The van der Waals surface area contributed by atoms with Gasteiger partial charge in [-0.2, -0.15) is 0 Å². The Bertz CT molecular complexity index is 691. The SMILES string of the molecule is CCCCCCCCCc1ccc(-c2ncc(OCC(F)CC(F)CC)cn2)cc1. The van der Waals surface area contributed by atoms with Gasteiger partial charge in [-0.05, 0) is 24.8 Å². The van der Waals surface area contributed by atoms with Crippen molar-refractivity contribution < 1.29 is 13.5 Å². The van der Waals surface area contributed by atoms with Gasteiger partial charge in [0.15, 0.2) is 11.6 Å². The fourth-order valence-electron chi connectivity index (χ4n) is 3.35. The van der Waals surface area contributed by atoms with E-state index in [9.17, 15) is 8.78 Å². The number of benzene rings is 1. The second-order valence-corrected chi connectivity index (χ2v) is 7.96. The second kappa shape index (κ2) is 14.1. The van der Waals surface area contributed by atoms with Gasteiger partial charge in [0.05, 0.1) is 12.4 Å². The lowest BCUT2D eigenvalue weighted by Gasteiger charge is -2.12. The molecule has 1 heterocycles. The minimum atomic E-state index is -1.33. The molecule has 2 unspecified atom stereocenters. The average Bonchev–Trinajstić information content (AvgIpc) is 2.78. The molecule has 0 radical (unpaired) electrons. The summed E-state index contributed by atoms with van der Waals surface area (Å²) in [4.78, 5) is 8.62. The highest BCUT2D eigenvalue weighted by atomic mass is 19.1. The predicted molar refractivity (Wildman–Crippen MR) is 119 cm³/mol. The van der Waals surface area contributed by atoms with Gasteiger partial charge in [-0.1, -0.05) is 76.6 Å². The highest BCUT2D eigenvalue weighted by Crippen LogP contribution is 2.19. The van der Waals surface area contributed by atoms with Crippen LogP contribution in [0, 0.1) is 0 Å². The van der Waals surface area contributed by atoms with Gasteiger partial charge >= 0.3 is 0 Å². The van der Waals surface area contributed by atoms with Gasteiger partial charge in [0.1, 0.15) is 19.0 Å². The summed E-state index contributed by atoms with van der Waals surface area (Å²) in [6, 6.07) is 8.34. The third-order valence-electron chi connectivity index (χ3n) is 5.29. The molecule has 30 heavy (non-hydrogen) atoms. The molecule has 0 aliphatic rings. The second-order valence-electron chi connectivity index (χ2n) is 7.96. The van der Waals surface area contributed by atoms with Crippen LogP contribution in [0.1, 0.15) is 77.2 Å². The van der Waals surface area contributed by atoms with Crippen molar-refractivity contribution in [2.45, 2.75) is 90.4 Å². The van der Waals surface area contributed by atoms with Gasteiger partial charge < -0.3 is 4.74 Å². The number of unbranched alkanes of at least 4 members (excludes halogenated alkanes) is 6. The molecule has 2 aromatic rings. The summed E-state index contributed by atoms with van der Waals surface area (Å²) in [7, 11) is 0. The highest BCUT2D eigenvalue weighted by Gasteiger charge is 2.14. The predicted octanol–water partition coefficient (Wildman–Crippen LogP) is 7.29. The van der Waals surface area contributed by atoms with Crippen molar-refractivity contribution in [2.75, 3.05) is 6.61 Å². The number of rotatable bonds is 15.